The molecular weight excluding hydrogens is 319 g/mol. The van der Waals surface area contributed by atoms with E-state index in [9.17, 15) is 18.0 Å². The quantitative estimate of drug-likeness (QED) is 0.891. The number of hydrogen-bond donors (Lipinski definition) is 1. The second-order valence-corrected chi connectivity index (χ2v) is 6.69. The first-order chi connectivity index (χ1) is 11.4. The van der Waals surface area contributed by atoms with E-state index in [4.69, 9.17) is 0 Å². The van der Waals surface area contributed by atoms with Crippen LogP contribution in [0.4, 0.5) is 18.9 Å². The van der Waals surface area contributed by atoms with Crippen LogP contribution in [0, 0.1) is 11.8 Å². The van der Waals surface area contributed by atoms with Crippen molar-refractivity contribution in [2.24, 2.45) is 11.8 Å². The molecule has 0 spiro atoms. The van der Waals surface area contributed by atoms with Gasteiger partial charge in [0.1, 0.15) is 0 Å². The minimum atomic E-state index is -4.19. The summed E-state index contributed by atoms with van der Waals surface area (Å²) in [6.45, 7) is 1.93. The number of carbonyl (C=O) groups is 1. The molecule has 1 aromatic carbocycles. The summed E-state index contributed by atoms with van der Waals surface area (Å²) in [4.78, 5) is 15.6. The third kappa shape index (κ3) is 4.41. The molecule has 2 fully saturated rings. The second kappa shape index (κ2) is 7.01. The third-order valence-corrected chi connectivity index (χ3v) is 4.70. The summed E-state index contributed by atoms with van der Waals surface area (Å²) in [5.41, 5.74) is 1.19. The van der Waals surface area contributed by atoms with Crippen molar-refractivity contribution >= 4 is 11.6 Å². The molecule has 3 rings (SSSR count). The van der Waals surface area contributed by atoms with Crippen LogP contribution in [0.1, 0.15) is 6.42 Å². The van der Waals surface area contributed by atoms with Crippen LogP contribution in [-0.2, 0) is 4.79 Å². The van der Waals surface area contributed by atoms with Gasteiger partial charge in [-0.1, -0.05) is 18.2 Å². The fraction of sp³-hybridized carbons (Fsp3) is 0.588. The number of rotatable bonds is 5. The summed E-state index contributed by atoms with van der Waals surface area (Å²) in [5, 5.41) is 2.91. The zero-order valence-corrected chi connectivity index (χ0v) is 13.4. The maximum Gasteiger partial charge on any atom is 0.401 e. The predicted molar refractivity (Wildman–Crippen MR) is 85.8 cm³/mol. The summed E-state index contributed by atoms with van der Waals surface area (Å²) in [7, 11) is 0. The van der Waals surface area contributed by atoms with Crippen LogP contribution in [-0.4, -0.2) is 56.3 Å². The van der Waals surface area contributed by atoms with E-state index in [1.807, 2.05) is 18.2 Å². The highest BCUT2D eigenvalue weighted by atomic mass is 19.4. The Hall–Kier alpha value is -1.76. The van der Waals surface area contributed by atoms with Gasteiger partial charge >= 0.3 is 6.18 Å². The van der Waals surface area contributed by atoms with E-state index in [0.29, 0.717) is 12.5 Å². The maximum absolute atomic E-state index is 12.2. The number of alkyl halides is 3. The van der Waals surface area contributed by atoms with Gasteiger partial charge in [0, 0.05) is 38.4 Å². The lowest BCUT2D eigenvalue weighted by atomic mass is 9.98. The van der Waals surface area contributed by atoms with Crippen molar-refractivity contribution in [1.82, 2.24) is 10.2 Å². The summed E-state index contributed by atoms with van der Waals surface area (Å²) in [5.74, 6) is -0.0360. The Morgan fingerprint density at radius 1 is 1.17 bits per heavy atom. The zero-order chi connectivity index (χ0) is 17.2. The van der Waals surface area contributed by atoms with Gasteiger partial charge in [-0.15, -0.1) is 0 Å². The number of nitrogens with zero attached hydrogens (tertiary/aromatic N) is 2. The Labute approximate surface area is 139 Å². The number of anilines is 1. The lowest BCUT2D eigenvalue weighted by Crippen LogP contribution is -2.56. The van der Waals surface area contributed by atoms with Crippen molar-refractivity contribution in [2.75, 3.05) is 44.2 Å². The van der Waals surface area contributed by atoms with E-state index in [-0.39, 0.29) is 24.9 Å². The Kier molecular flexibility index (Phi) is 4.99. The molecule has 2 aliphatic rings. The molecule has 0 aromatic heterocycles. The molecule has 0 aliphatic carbocycles. The van der Waals surface area contributed by atoms with Gasteiger partial charge in [-0.25, -0.2) is 0 Å². The molecule has 132 valence electrons. The first kappa shape index (κ1) is 17.1. The minimum Gasteiger partial charge on any atom is -0.371 e. The van der Waals surface area contributed by atoms with Crippen LogP contribution in [0.2, 0.25) is 0 Å². The molecule has 0 radical (unpaired) electrons. The zero-order valence-electron chi connectivity index (χ0n) is 13.4. The Morgan fingerprint density at radius 2 is 1.88 bits per heavy atom. The number of carbonyl (C=O) groups excluding carboxylic acids is 1. The molecule has 1 atom stereocenters. The molecule has 1 amide bonds. The van der Waals surface area contributed by atoms with Gasteiger partial charge in [0.2, 0.25) is 5.91 Å². The van der Waals surface area contributed by atoms with Crippen molar-refractivity contribution in [3.05, 3.63) is 30.3 Å². The van der Waals surface area contributed by atoms with Gasteiger partial charge in [0.05, 0.1) is 12.5 Å². The molecule has 0 bridgehead atoms. The Morgan fingerprint density at radius 3 is 2.54 bits per heavy atom. The van der Waals surface area contributed by atoms with E-state index in [0.717, 1.165) is 19.5 Å². The molecule has 0 saturated carbocycles. The third-order valence-electron chi connectivity index (χ3n) is 4.70. The van der Waals surface area contributed by atoms with E-state index >= 15 is 0 Å². The smallest absolute Gasteiger partial charge is 0.371 e. The normalized spacial score (nSPS) is 22.5. The van der Waals surface area contributed by atoms with Crippen LogP contribution in [0.15, 0.2) is 30.3 Å². The highest BCUT2D eigenvalue weighted by Gasteiger charge is 2.39. The van der Waals surface area contributed by atoms with Crippen LogP contribution < -0.4 is 10.2 Å². The lowest BCUT2D eigenvalue weighted by Gasteiger charge is -2.38. The van der Waals surface area contributed by atoms with Crippen molar-refractivity contribution in [2.45, 2.75) is 12.6 Å². The average molecular weight is 341 g/mol. The van der Waals surface area contributed by atoms with Gasteiger partial charge in [-0.3, -0.25) is 9.69 Å². The monoisotopic (exact) mass is 341 g/mol. The molecule has 1 aromatic rings. The van der Waals surface area contributed by atoms with Gasteiger partial charge in [-0.05, 0) is 24.5 Å². The maximum atomic E-state index is 12.2. The first-order valence-electron chi connectivity index (χ1n) is 8.27. The number of nitrogens with one attached hydrogen (secondary N) is 1. The number of para-hydroxylation sites is 1. The molecule has 2 saturated heterocycles. The summed E-state index contributed by atoms with van der Waals surface area (Å²) in [6, 6.07) is 10.1. The number of hydrogen-bond acceptors (Lipinski definition) is 3. The minimum absolute atomic E-state index is 0.119. The van der Waals surface area contributed by atoms with Crippen molar-refractivity contribution < 1.29 is 18.0 Å². The molecule has 0 unspecified atom stereocenters. The summed E-state index contributed by atoms with van der Waals surface area (Å²) in [6.07, 6.45) is -3.17. The van der Waals surface area contributed by atoms with Crippen LogP contribution in [0.3, 0.4) is 0 Å². The molecule has 4 nitrogen and oxygen atoms in total. The number of benzene rings is 1. The lowest BCUT2D eigenvalue weighted by molar-refractivity contribution is -0.163. The van der Waals surface area contributed by atoms with Gasteiger partial charge in [-0.2, -0.15) is 13.2 Å². The van der Waals surface area contributed by atoms with E-state index in [2.05, 4.69) is 22.3 Å². The Balaban J connectivity index is 1.36. The average Bonchev–Trinajstić information content (AvgIpc) is 2.97. The van der Waals surface area contributed by atoms with Gasteiger partial charge < -0.3 is 10.2 Å². The first-order valence-corrected chi connectivity index (χ1v) is 8.27. The molecule has 2 aliphatic heterocycles. The largest absolute Gasteiger partial charge is 0.401 e. The summed E-state index contributed by atoms with van der Waals surface area (Å²) < 4.78 is 36.7. The number of likely N-dealkylation sites (tertiary alicyclic amines) is 1. The topological polar surface area (TPSA) is 35.6 Å². The molecule has 24 heavy (non-hydrogen) atoms. The van der Waals surface area contributed by atoms with E-state index in [1.54, 1.807) is 0 Å². The number of halogens is 3. The van der Waals surface area contributed by atoms with Gasteiger partial charge in [0.25, 0.3) is 0 Å². The number of amides is 1. The molecular formula is C17H22F3N3O. The molecule has 1 N–H and O–H groups in total. The SMILES string of the molecule is O=C(NC[C@H]1CCN(c2ccccc2)C1)C1CN(CC(F)(F)F)C1. The van der Waals surface area contributed by atoms with Crippen LogP contribution >= 0.6 is 0 Å². The fourth-order valence-electron chi connectivity index (χ4n) is 3.38. The van der Waals surface area contributed by atoms with E-state index < -0.39 is 12.7 Å². The second-order valence-electron chi connectivity index (χ2n) is 6.69. The van der Waals surface area contributed by atoms with Gasteiger partial charge in [0.15, 0.2) is 0 Å². The molecule has 7 heteroatoms. The van der Waals surface area contributed by atoms with Crippen molar-refractivity contribution in [3.8, 4) is 0 Å². The van der Waals surface area contributed by atoms with Crippen LogP contribution in [0.25, 0.3) is 0 Å². The Bertz CT molecular complexity index is 558. The fourth-order valence-corrected chi connectivity index (χ4v) is 3.38. The van der Waals surface area contributed by atoms with E-state index in [1.165, 1.54) is 10.6 Å². The van der Waals surface area contributed by atoms with Crippen molar-refractivity contribution in [1.29, 1.82) is 0 Å². The molecule has 2 heterocycles. The standard InChI is InChI=1S/C17H22F3N3O/c18-17(19,20)12-22-10-14(11-22)16(24)21-8-13-6-7-23(9-13)15-4-2-1-3-5-15/h1-5,13-14H,6-12H2,(H,21,24)/t13-/m1/s1. The highest BCUT2D eigenvalue weighted by Crippen LogP contribution is 2.25. The summed E-state index contributed by atoms with van der Waals surface area (Å²) >= 11 is 0. The van der Waals surface area contributed by atoms with Crippen LogP contribution in [0.5, 0.6) is 0 Å². The predicted octanol–water partition coefficient (Wildman–Crippen LogP) is 2.12. The highest BCUT2D eigenvalue weighted by molar-refractivity contribution is 5.80. The van der Waals surface area contributed by atoms with Crippen molar-refractivity contribution in [3.63, 3.8) is 0 Å².